The zero-order valence-electron chi connectivity index (χ0n) is 14.0. The molecule has 1 fully saturated rings. The summed E-state index contributed by atoms with van der Waals surface area (Å²) in [5, 5.41) is 0. The van der Waals surface area contributed by atoms with Gasteiger partial charge in [0.05, 0.1) is 17.8 Å². The molecule has 0 aromatic heterocycles. The van der Waals surface area contributed by atoms with Gasteiger partial charge in [-0.3, -0.25) is 14.4 Å². The zero-order chi connectivity index (χ0) is 20.7. The van der Waals surface area contributed by atoms with Crippen LogP contribution in [0.5, 0.6) is 0 Å². The number of alkyl halides is 4. The molecule has 0 N–H and O–H groups in total. The molecule has 0 heterocycles. The number of benzene rings is 1. The Balaban J connectivity index is 1.88. The molecule has 2 unspecified atom stereocenters. The first kappa shape index (κ1) is 20.0. The van der Waals surface area contributed by atoms with Crippen LogP contribution in [-0.4, -0.2) is 17.3 Å². The quantitative estimate of drug-likeness (QED) is 0.402. The largest absolute Gasteiger partial charge is 0.298 e. The lowest BCUT2D eigenvalue weighted by molar-refractivity contribution is -0.128. The number of hydrogen-bond donors (Lipinski definition) is 0. The van der Waals surface area contributed by atoms with E-state index in [9.17, 15) is 40.7 Å². The minimum Gasteiger partial charge on any atom is -0.298 e. The summed E-state index contributed by atoms with van der Waals surface area (Å²) in [6.07, 6.45) is -5.65. The molecular weight excluding hydrogens is 390 g/mol. The highest BCUT2D eigenvalue weighted by atomic mass is 19.3. The van der Waals surface area contributed by atoms with E-state index in [4.69, 9.17) is 0 Å². The standard InChI is InChI=1S/C19H12F6O3/c20-13-4-10-11(5-14(13)21)17(28)12(16(10)27)6-15(26)7-1-8(18(22)23)3-9(2-7)19(24)25/h1-5,10-12,18-19H,6H2. The van der Waals surface area contributed by atoms with Crippen molar-refractivity contribution >= 4 is 17.3 Å². The van der Waals surface area contributed by atoms with Crippen LogP contribution < -0.4 is 0 Å². The number of carbonyl (C=O) groups is 3. The molecule has 148 valence electrons. The number of ketones is 3. The van der Waals surface area contributed by atoms with Crippen molar-refractivity contribution in [2.45, 2.75) is 19.3 Å². The summed E-state index contributed by atoms with van der Waals surface area (Å²) < 4.78 is 78.3. The average molecular weight is 402 g/mol. The van der Waals surface area contributed by atoms with Crippen molar-refractivity contribution in [3.05, 3.63) is 58.7 Å². The maximum absolute atomic E-state index is 13.4. The van der Waals surface area contributed by atoms with E-state index in [0.717, 1.165) is 12.1 Å². The molecule has 2 aliphatic rings. The third kappa shape index (κ3) is 3.53. The summed E-state index contributed by atoms with van der Waals surface area (Å²) >= 11 is 0. The Kier molecular flexibility index (Phi) is 5.27. The van der Waals surface area contributed by atoms with Crippen LogP contribution in [0.1, 0.15) is 40.8 Å². The van der Waals surface area contributed by atoms with Crippen molar-refractivity contribution in [2.75, 3.05) is 0 Å². The van der Waals surface area contributed by atoms with Crippen molar-refractivity contribution in [1.82, 2.24) is 0 Å². The SMILES string of the molecule is O=C(CC1C(=O)C2C=C(F)C(F)=CC2C1=O)c1cc(C(F)F)cc(C(F)F)c1. The molecule has 3 nitrogen and oxygen atoms in total. The first-order valence-electron chi connectivity index (χ1n) is 8.17. The lowest BCUT2D eigenvalue weighted by Gasteiger charge is -2.13. The second kappa shape index (κ2) is 7.37. The smallest absolute Gasteiger partial charge is 0.263 e. The van der Waals surface area contributed by atoms with Crippen LogP contribution in [0.2, 0.25) is 0 Å². The fourth-order valence-electron chi connectivity index (χ4n) is 3.40. The van der Waals surface area contributed by atoms with Gasteiger partial charge in [-0.05, 0) is 30.4 Å². The van der Waals surface area contributed by atoms with Crippen LogP contribution in [0.15, 0.2) is 42.0 Å². The monoisotopic (exact) mass is 402 g/mol. The summed E-state index contributed by atoms with van der Waals surface area (Å²) in [6.45, 7) is 0. The molecule has 1 saturated carbocycles. The maximum Gasteiger partial charge on any atom is 0.263 e. The normalized spacial score (nSPS) is 24.5. The molecule has 1 aromatic rings. The molecule has 2 atom stereocenters. The Morgan fingerprint density at radius 1 is 0.821 bits per heavy atom. The van der Waals surface area contributed by atoms with Gasteiger partial charge in [0.1, 0.15) is 0 Å². The summed E-state index contributed by atoms with van der Waals surface area (Å²) in [5.41, 5.74) is -2.09. The number of halogens is 6. The third-order valence-electron chi connectivity index (χ3n) is 4.80. The fourth-order valence-corrected chi connectivity index (χ4v) is 3.40. The third-order valence-corrected chi connectivity index (χ3v) is 4.80. The maximum atomic E-state index is 13.4. The number of hydrogen-bond acceptors (Lipinski definition) is 3. The van der Waals surface area contributed by atoms with Gasteiger partial charge < -0.3 is 0 Å². The number of Topliss-reactive ketones (excluding diaryl/α,β-unsaturated/α-hetero) is 3. The highest BCUT2D eigenvalue weighted by Crippen LogP contribution is 2.40. The molecule has 3 rings (SSSR count). The van der Waals surface area contributed by atoms with E-state index in [1.165, 1.54) is 0 Å². The fraction of sp³-hybridized carbons (Fsp3) is 0.316. The second-order valence-electron chi connectivity index (χ2n) is 6.56. The van der Waals surface area contributed by atoms with Gasteiger partial charge in [0, 0.05) is 23.1 Å². The Labute approximate surface area is 154 Å². The van der Waals surface area contributed by atoms with Crippen LogP contribution in [0.4, 0.5) is 26.3 Å². The topological polar surface area (TPSA) is 51.2 Å². The molecule has 0 bridgehead atoms. The van der Waals surface area contributed by atoms with E-state index in [0.29, 0.717) is 18.2 Å². The molecule has 0 aliphatic heterocycles. The van der Waals surface area contributed by atoms with Crippen molar-refractivity contribution in [3.8, 4) is 0 Å². The van der Waals surface area contributed by atoms with Crippen molar-refractivity contribution in [2.24, 2.45) is 17.8 Å². The summed E-state index contributed by atoms with van der Waals surface area (Å²) in [6, 6.07) is 2.00. The van der Waals surface area contributed by atoms with Gasteiger partial charge in [-0.1, -0.05) is 0 Å². The summed E-state index contributed by atoms with van der Waals surface area (Å²) in [5.74, 6) is -9.20. The van der Waals surface area contributed by atoms with Gasteiger partial charge in [0.25, 0.3) is 12.9 Å². The zero-order valence-corrected chi connectivity index (χ0v) is 14.0. The van der Waals surface area contributed by atoms with Gasteiger partial charge in [-0.2, -0.15) is 0 Å². The van der Waals surface area contributed by atoms with E-state index >= 15 is 0 Å². The van der Waals surface area contributed by atoms with E-state index < -0.39 is 82.7 Å². The summed E-state index contributed by atoms with van der Waals surface area (Å²) in [7, 11) is 0. The second-order valence-corrected chi connectivity index (χ2v) is 6.56. The number of carbonyl (C=O) groups excluding carboxylic acids is 3. The van der Waals surface area contributed by atoms with Crippen LogP contribution >= 0.6 is 0 Å². The Bertz CT molecular complexity index is 856. The van der Waals surface area contributed by atoms with Crippen molar-refractivity contribution < 1.29 is 40.7 Å². The predicted molar refractivity (Wildman–Crippen MR) is 84.2 cm³/mol. The molecular formula is C19H12F6O3. The van der Waals surface area contributed by atoms with Crippen LogP contribution in [0.25, 0.3) is 0 Å². The molecule has 1 aromatic carbocycles. The molecule has 0 spiro atoms. The first-order chi connectivity index (χ1) is 13.1. The molecule has 9 heteroatoms. The number of fused-ring (bicyclic) bond motifs is 1. The number of allylic oxidation sites excluding steroid dienone is 4. The minimum absolute atomic E-state index is 0.494. The van der Waals surface area contributed by atoms with Gasteiger partial charge >= 0.3 is 0 Å². The minimum atomic E-state index is -3.11. The van der Waals surface area contributed by atoms with Gasteiger partial charge in [0.15, 0.2) is 29.0 Å². The first-order valence-corrected chi connectivity index (χ1v) is 8.17. The van der Waals surface area contributed by atoms with Crippen LogP contribution in [-0.2, 0) is 9.59 Å². The highest BCUT2D eigenvalue weighted by molar-refractivity contribution is 6.16. The number of rotatable bonds is 5. The Morgan fingerprint density at radius 3 is 1.64 bits per heavy atom. The molecule has 0 saturated heterocycles. The lowest BCUT2D eigenvalue weighted by atomic mass is 9.90. The van der Waals surface area contributed by atoms with E-state index in [-0.39, 0.29) is 0 Å². The van der Waals surface area contributed by atoms with Crippen molar-refractivity contribution in [3.63, 3.8) is 0 Å². The Hall–Kier alpha value is -2.71. The summed E-state index contributed by atoms with van der Waals surface area (Å²) in [4.78, 5) is 37.1. The molecule has 28 heavy (non-hydrogen) atoms. The average Bonchev–Trinajstić information content (AvgIpc) is 2.86. The van der Waals surface area contributed by atoms with Crippen LogP contribution in [0.3, 0.4) is 0 Å². The van der Waals surface area contributed by atoms with Crippen LogP contribution in [0, 0.1) is 17.8 Å². The van der Waals surface area contributed by atoms with Gasteiger partial charge in [-0.15, -0.1) is 0 Å². The Morgan fingerprint density at radius 2 is 1.25 bits per heavy atom. The van der Waals surface area contributed by atoms with Crippen molar-refractivity contribution in [1.29, 1.82) is 0 Å². The predicted octanol–water partition coefficient (Wildman–Crippen LogP) is 4.86. The molecule has 2 aliphatic carbocycles. The van der Waals surface area contributed by atoms with E-state index in [2.05, 4.69) is 0 Å². The highest BCUT2D eigenvalue weighted by Gasteiger charge is 2.49. The van der Waals surface area contributed by atoms with Gasteiger partial charge in [0.2, 0.25) is 0 Å². The lowest BCUT2D eigenvalue weighted by Crippen LogP contribution is -2.21. The molecule has 0 amide bonds. The van der Waals surface area contributed by atoms with Gasteiger partial charge in [-0.25, -0.2) is 26.3 Å². The van der Waals surface area contributed by atoms with E-state index in [1.807, 2.05) is 0 Å². The molecule has 0 radical (unpaired) electrons. The van der Waals surface area contributed by atoms with E-state index in [1.54, 1.807) is 0 Å².